The first-order valence-electron chi connectivity index (χ1n) is 6.56. The maximum atomic E-state index is 6.21. The predicted octanol–water partition coefficient (Wildman–Crippen LogP) is 4.84. The Kier molecular flexibility index (Phi) is 7.29. The summed E-state index contributed by atoms with van der Waals surface area (Å²) >= 11 is 12.2. The van der Waals surface area contributed by atoms with Crippen molar-refractivity contribution in [3.8, 4) is 5.75 Å². The fourth-order valence-corrected chi connectivity index (χ4v) is 2.17. The van der Waals surface area contributed by atoms with Crippen molar-refractivity contribution >= 4 is 23.2 Å². The van der Waals surface area contributed by atoms with Crippen molar-refractivity contribution in [1.82, 2.24) is 5.32 Å². The zero-order valence-electron chi connectivity index (χ0n) is 11.6. The van der Waals surface area contributed by atoms with Crippen LogP contribution in [0.15, 0.2) is 24.3 Å². The van der Waals surface area contributed by atoms with Crippen LogP contribution in [0.1, 0.15) is 32.3 Å². The van der Waals surface area contributed by atoms with E-state index >= 15 is 0 Å². The third-order valence-corrected chi connectivity index (χ3v) is 3.25. The van der Waals surface area contributed by atoms with Crippen LogP contribution in [0.5, 0.6) is 5.75 Å². The Balaban J connectivity index is 2.83. The van der Waals surface area contributed by atoms with E-state index in [1.807, 2.05) is 6.07 Å². The van der Waals surface area contributed by atoms with Crippen molar-refractivity contribution in [3.05, 3.63) is 39.9 Å². The van der Waals surface area contributed by atoms with Crippen LogP contribution in [0, 0.1) is 0 Å². The van der Waals surface area contributed by atoms with Crippen molar-refractivity contribution in [2.75, 3.05) is 13.2 Å². The SMILES string of the molecule is C=C(CC)COc1c(Cl)cc(Cl)cc1CNCCC. The molecule has 2 nitrogen and oxygen atoms in total. The van der Waals surface area contributed by atoms with E-state index in [1.54, 1.807) is 6.07 Å². The molecular formula is C15H21Cl2NO. The van der Waals surface area contributed by atoms with Gasteiger partial charge in [-0.15, -0.1) is 0 Å². The van der Waals surface area contributed by atoms with Gasteiger partial charge in [0.05, 0.1) is 5.02 Å². The lowest BCUT2D eigenvalue weighted by atomic mass is 10.2. The van der Waals surface area contributed by atoms with Crippen LogP contribution in [0.4, 0.5) is 0 Å². The van der Waals surface area contributed by atoms with Gasteiger partial charge < -0.3 is 10.1 Å². The molecule has 4 heteroatoms. The summed E-state index contributed by atoms with van der Waals surface area (Å²) in [5.41, 5.74) is 2.02. The second-order valence-electron chi connectivity index (χ2n) is 4.44. The van der Waals surface area contributed by atoms with Crippen LogP contribution in [0.3, 0.4) is 0 Å². The summed E-state index contributed by atoms with van der Waals surface area (Å²) < 4.78 is 5.78. The van der Waals surface area contributed by atoms with Crippen molar-refractivity contribution in [3.63, 3.8) is 0 Å². The molecule has 1 N–H and O–H groups in total. The number of nitrogens with one attached hydrogen (secondary N) is 1. The molecule has 0 aliphatic heterocycles. The van der Waals surface area contributed by atoms with Crippen LogP contribution in [0.2, 0.25) is 10.0 Å². The molecule has 0 spiro atoms. The molecule has 0 aliphatic carbocycles. The molecule has 0 radical (unpaired) electrons. The lowest BCUT2D eigenvalue weighted by molar-refractivity contribution is 0.344. The summed E-state index contributed by atoms with van der Waals surface area (Å²) in [6, 6.07) is 3.59. The van der Waals surface area contributed by atoms with Crippen molar-refractivity contribution in [2.45, 2.75) is 33.2 Å². The Morgan fingerprint density at radius 3 is 2.68 bits per heavy atom. The van der Waals surface area contributed by atoms with E-state index in [1.165, 1.54) is 0 Å². The summed E-state index contributed by atoms with van der Waals surface area (Å²) in [5.74, 6) is 0.698. The minimum atomic E-state index is 0.485. The third kappa shape index (κ3) is 5.43. The molecule has 1 aromatic rings. The highest BCUT2D eigenvalue weighted by molar-refractivity contribution is 6.35. The highest BCUT2D eigenvalue weighted by atomic mass is 35.5. The molecule has 0 bridgehead atoms. The normalized spacial score (nSPS) is 10.5. The van der Waals surface area contributed by atoms with E-state index < -0.39 is 0 Å². The molecule has 0 atom stereocenters. The van der Waals surface area contributed by atoms with E-state index in [0.29, 0.717) is 28.9 Å². The Bertz CT molecular complexity index is 432. The summed E-state index contributed by atoms with van der Waals surface area (Å²) in [7, 11) is 0. The van der Waals surface area contributed by atoms with Gasteiger partial charge in [-0.3, -0.25) is 0 Å². The fraction of sp³-hybridized carbons (Fsp3) is 0.467. The van der Waals surface area contributed by atoms with Gasteiger partial charge >= 0.3 is 0 Å². The zero-order chi connectivity index (χ0) is 14.3. The second-order valence-corrected chi connectivity index (χ2v) is 5.29. The summed E-state index contributed by atoms with van der Waals surface area (Å²) in [6.07, 6.45) is 1.98. The lowest BCUT2D eigenvalue weighted by Gasteiger charge is -2.15. The van der Waals surface area contributed by atoms with Crippen LogP contribution >= 0.6 is 23.2 Å². The van der Waals surface area contributed by atoms with Crippen LogP contribution in [-0.2, 0) is 6.54 Å². The molecule has 0 fully saturated rings. The van der Waals surface area contributed by atoms with Crippen molar-refractivity contribution in [1.29, 1.82) is 0 Å². The highest BCUT2D eigenvalue weighted by Gasteiger charge is 2.11. The zero-order valence-corrected chi connectivity index (χ0v) is 13.1. The number of rotatable bonds is 8. The first kappa shape index (κ1) is 16.4. The van der Waals surface area contributed by atoms with Crippen molar-refractivity contribution < 1.29 is 4.74 Å². The van der Waals surface area contributed by atoms with Gasteiger partial charge in [0.25, 0.3) is 0 Å². The molecule has 0 saturated carbocycles. The van der Waals surface area contributed by atoms with E-state index in [-0.39, 0.29) is 0 Å². The second kappa shape index (κ2) is 8.47. The molecular weight excluding hydrogens is 281 g/mol. The molecule has 0 unspecified atom stereocenters. The van der Waals surface area contributed by atoms with Crippen LogP contribution in [-0.4, -0.2) is 13.2 Å². The van der Waals surface area contributed by atoms with E-state index in [9.17, 15) is 0 Å². The first-order valence-corrected chi connectivity index (χ1v) is 7.32. The molecule has 0 amide bonds. The Morgan fingerprint density at radius 1 is 1.32 bits per heavy atom. The topological polar surface area (TPSA) is 21.3 Å². The average Bonchev–Trinajstić information content (AvgIpc) is 2.37. The molecule has 106 valence electrons. The van der Waals surface area contributed by atoms with Gasteiger partial charge in [0.15, 0.2) is 0 Å². The molecule has 19 heavy (non-hydrogen) atoms. The van der Waals surface area contributed by atoms with Gasteiger partial charge in [-0.1, -0.05) is 43.6 Å². The molecule has 1 rings (SSSR count). The van der Waals surface area contributed by atoms with Gasteiger partial charge in [0.1, 0.15) is 12.4 Å². The largest absolute Gasteiger partial charge is 0.487 e. The molecule has 0 aliphatic rings. The highest BCUT2D eigenvalue weighted by Crippen LogP contribution is 2.32. The standard InChI is InChI=1S/C15H21Cl2NO/c1-4-6-18-9-12-7-13(16)8-14(17)15(12)19-10-11(3)5-2/h7-8,18H,3-6,9-10H2,1-2H3. The average molecular weight is 302 g/mol. The number of hydrogen-bond acceptors (Lipinski definition) is 2. The maximum absolute atomic E-state index is 6.21. The summed E-state index contributed by atoms with van der Waals surface area (Å²) in [6.45, 7) is 10.2. The van der Waals surface area contributed by atoms with Gasteiger partial charge in [0, 0.05) is 17.1 Å². The van der Waals surface area contributed by atoms with Gasteiger partial charge in [0.2, 0.25) is 0 Å². The quantitative estimate of drug-likeness (QED) is 0.548. The molecule has 1 aromatic carbocycles. The number of halogens is 2. The number of benzene rings is 1. The summed E-state index contributed by atoms with van der Waals surface area (Å²) in [5, 5.41) is 4.50. The smallest absolute Gasteiger partial charge is 0.142 e. The fourth-order valence-electron chi connectivity index (χ4n) is 1.58. The van der Waals surface area contributed by atoms with Gasteiger partial charge in [-0.25, -0.2) is 0 Å². The predicted molar refractivity (Wildman–Crippen MR) is 83.4 cm³/mol. The van der Waals surface area contributed by atoms with E-state index in [0.717, 1.165) is 30.5 Å². The first-order chi connectivity index (χ1) is 9.08. The lowest BCUT2D eigenvalue weighted by Crippen LogP contribution is -2.15. The Labute approximate surface area is 125 Å². The Morgan fingerprint density at radius 2 is 2.05 bits per heavy atom. The molecule has 0 saturated heterocycles. The Hall–Kier alpha value is -0.700. The minimum absolute atomic E-state index is 0.485. The summed E-state index contributed by atoms with van der Waals surface area (Å²) in [4.78, 5) is 0. The van der Waals surface area contributed by atoms with E-state index in [2.05, 4.69) is 25.7 Å². The third-order valence-electron chi connectivity index (χ3n) is 2.75. The maximum Gasteiger partial charge on any atom is 0.142 e. The number of ether oxygens (including phenoxy) is 1. The van der Waals surface area contributed by atoms with E-state index in [4.69, 9.17) is 27.9 Å². The minimum Gasteiger partial charge on any atom is -0.487 e. The molecule has 0 aromatic heterocycles. The van der Waals surface area contributed by atoms with Crippen LogP contribution < -0.4 is 10.1 Å². The number of hydrogen-bond donors (Lipinski definition) is 1. The van der Waals surface area contributed by atoms with Crippen LogP contribution in [0.25, 0.3) is 0 Å². The van der Waals surface area contributed by atoms with Gasteiger partial charge in [-0.2, -0.15) is 0 Å². The molecule has 0 heterocycles. The monoisotopic (exact) mass is 301 g/mol. The van der Waals surface area contributed by atoms with Gasteiger partial charge in [-0.05, 0) is 37.1 Å². The van der Waals surface area contributed by atoms with Crippen molar-refractivity contribution in [2.24, 2.45) is 0 Å².